The highest BCUT2D eigenvalue weighted by Crippen LogP contribution is 2.16. The van der Waals surface area contributed by atoms with Gasteiger partial charge in [0.25, 0.3) is 5.91 Å². The number of carbonyl (C=O) groups is 1. The van der Waals surface area contributed by atoms with Crippen LogP contribution in [0.15, 0.2) is 51.9 Å². The fourth-order valence-electron chi connectivity index (χ4n) is 2.99. The van der Waals surface area contributed by atoms with Crippen LogP contribution in [0.1, 0.15) is 23.2 Å². The minimum Gasteiger partial charge on any atom is -0.454 e. The maximum Gasteiger partial charge on any atom is 0.284 e. The normalized spacial score (nSPS) is 15.2. The monoisotopic (exact) mass is 355 g/mol. The highest BCUT2D eigenvalue weighted by atomic mass is 16.3. The number of carbonyl (C=O) groups excluding carboxylic acids is 1. The number of nitrogens with one attached hydrogen (secondary N) is 1. The maximum atomic E-state index is 11.1. The molecule has 3 rings (SSSR count). The summed E-state index contributed by atoms with van der Waals surface area (Å²) in [5.41, 5.74) is 6.47. The lowest BCUT2D eigenvalue weighted by Crippen LogP contribution is -2.52. The summed E-state index contributed by atoms with van der Waals surface area (Å²) >= 11 is 0. The first-order chi connectivity index (χ1) is 12.7. The zero-order chi connectivity index (χ0) is 18.4. The number of benzene rings is 1. The Labute approximate surface area is 153 Å². The van der Waals surface area contributed by atoms with Crippen molar-refractivity contribution in [3.05, 3.63) is 54.0 Å². The van der Waals surface area contributed by atoms with Crippen LogP contribution in [0.5, 0.6) is 0 Å². The summed E-state index contributed by atoms with van der Waals surface area (Å²) in [6.07, 6.45) is 0. The van der Waals surface area contributed by atoms with Crippen LogP contribution in [0.3, 0.4) is 0 Å². The highest BCUT2D eigenvalue weighted by Gasteiger charge is 2.19. The van der Waals surface area contributed by atoms with Crippen LogP contribution in [0.2, 0.25) is 0 Å². The number of primary amides is 1. The number of aliphatic imine (C=N–C) groups is 1. The molecule has 2 aromatic rings. The molecule has 7 heteroatoms. The molecule has 0 spiro atoms. The van der Waals surface area contributed by atoms with Crippen molar-refractivity contribution < 1.29 is 9.21 Å². The average molecular weight is 355 g/mol. The summed E-state index contributed by atoms with van der Waals surface area (Å²) in [7, 11) is 0. The molecule has 1 aliphatic rings. The molecule has 138 valence electrons. The Kier molecular flexibility index (Phi) is 5.78. The number of guanidine groups is 1. The Bertz CT molecular complexity index is 748. The van der Waals surface area contributed by atoms with E-state index in [1.165, 1.54) is 5.69 Å². The minimum absolute atomic E-state index is 0.164. The van der Waals surface area contributed by atoms with E-state index >= 15 is 0 Å². The van der Waals surface area contributed by atoms with Crippen molar-refractivity contribution >= 4 is 17.6 Å². The van der Waals surface area contributed by atoms with Gasteiger partial charge >= 0.3 is 0 Å². The van der Waals surface area contributed by atoms with E-state index in [-0.39, 0.29) is 5.76 Å². The number of anilines is 1. The number of rotatable bonds is 5. The van der Waals surface area contributed by atoms with Crippen molar-refractivity contribution in [3.8, 4) is 0 Å². The zero-order valence-electron chi connectivity index (χ0n) is 15.0. The summed E-state index contributed by atoms with van der Waals surface area (Å²) in [4.78, 5) is 20.4. The van der Waals surface area contributed by atoms with Gasteiger partial charge < -0.3 is 25.3 Å². The number of amides is 1. The molecule has 0 atom stereocenters. The summed E-state index contributed by atoms with van der Waals surface area (Å²) in [6, 6.07) is 13.8. The van der Waals surface area contributed by atoms with Gasteiger partial charge in [0.15, 0.2) is 11.7 Å². The molecule has 0 radical (unpaired) electrons. The minimum atomic E-state index is -0.566. The second kappa shape index (κ2) is 8.42. The van der Waals surface area contributed by atoms with Gasteiger partial charge in [-0.3, -0.25) is 4.79 Å². The van der Waals surface area contributed by atoms with Gasteiger partial charge in [0.2, 0.25) is 0 Å². The lowest BCUT2D eigenvalue weighted by molar-refractivity contribution is 0.0972. The Morgan fingerprint density at radius 2 is 1.88 bits per heavy atom. The Morgan fingerprint density at radius 3 is 2.50 bits per heavy atom. The Hall–Kier alpha value is -2.96. The molecule has 1 aliphatic heterocycles. The SMILES string of the molecule is CCNC(=NCc1ccc(C(N)=O)o1)N1CCN(c2ccccc2)CC1. The second-order valence-corrected chi connectivity index (χ2v) is 6.11. The molecule has 0 unspecified atom stereocenters. The van der Waals surface area contributed by atoms with Gasteiger partial charge in [-0.05, 0) is 31.2 Å². The number of furan rings is 1. The lowest BCUT2D eigenvalue weighted by Gasteiger charge is -2.37. The molecule has 1 amide bonds. The van der Waals surface area contributed by atoms with Crippen LogP contribution in [-0.4, -0.2) is 49.5 Å². The molecule has 2 heterocycles. The zero-order valence-corrected chi connectivity index (χ0v) is 15.0. The van der Waals surface area contributed by atoms with Crippen molar-refractivity contribution in [2.75, 3.05) is 37.6 Å². The largest absolute Gasteiger partial charge is 0.454 e. The van der Waals surface area contributed by atoms with Gasteiger partial charge in [-0.2, -0.15) is 0 Å². The van der Waals surface area contributed by atoms with Crippen molar-refractivity contribution in [1.29, 1.82) is 0 Å². The van der Waals surface area contributed by atoms with Gasteiger partial charge in [0.1, 0.15) is 12.3 Å². The molecule has 0 aliphatic carbocycles. The molecule has 0 saturated carbocycles. The number of para-hydroxylation sites is 1. The molecule has 1 fully saturated rings. The molecule has 1 aromatic heterocycles. The van der Waals surface area contributed by atoms with E-state index in [1.807, 2.05) is 13.0 Å². The summed E-state index contributed by atoms with van der Waals surface area (Å²) < 4.78 is 5.40. The van der Waals surface area contributed by atoms with Gasteiger partial charge in [-0.25, -0.2) is 4.99 Å². The standard InChI is InChI=1S/C19H25N5O2/c1-2-21-19(22-14-16-8-9-17(26-16)18(20)25)24-12-10-23(11-13-24)15-6-4-3-5-7-15/h3-9H,2,10-14H2,1H3,(H2,20,25)(H,21,22). The van der Waals surface area contributed by atoms with Gasteiger partial charge in [-0.15, -0.1) is 0 Å². The topological polar surface area (TPSA) is 87.1 Å². The highest BCUT2D eigenvalue weighted by molar-refractivity contribution is 5.89. The maximum absolute atomic E-state index is 11.1. The average Bonchev–Trinajstić information content (AvgIpc) is 3.15. The lowest BCUT2D eigenvalue weighted by atomic mass is 10.2. The van der Waals surface area contributed by atoms with E-state index in [0.29, 0.717) is 12.3 Å². The van der Waals surface area contributed by atoms with E-state index < -0.39 is 5.91 Å². The molecule has 7 nitrogen and oxygen atoms in total. The van der Waals surface area contributed by atoms with E-state index in [4.69, 9.17) is 10.2 Å². The molecular weight excluding hydrogens is 330 g/mol. The van der Waals surface area contributed by atoms with Gasteiger partial charge in [0, 0.05) is 38.4 Å². The first kappa shape index (κ1) is 17.8. The van der Waals surface area contributed by atoms with Crippen molar-refractivity contribution in [2.24, 2.45) is 10.7 Å². The van der Waals surface area contributed by atoms with Crippen LogP contribution in [0, 0.1) is 0 Å². The molecule has 3 N–H and O–H groups in total. The van der Waals surface area contributed by atoms with Crippen molar-refractivity contribution in [3.63, 3.8) is 0 Å². The Morgan fingerprint density at radius 1 is 1.15 bits per heavy atom. The molecular formula is C19H25N5O2. The van der Waals surface area contributed by atoms with Crippen LogP contribution in [0.25, 0.3) is 0 Å². The van der Waals surface area contributed by atoms with E-state index in [2.05, 4.69) is 44.4 Å². The van der Waals surface area contributed by atoms with Crippen molar-refractivity contribution in [2.45, 2.75) is 13.5 Å². The van der Waals surface area contributed by atoms with Crippen molar-refractivity contribution in [1.82, 2.24) is 10.2 Å². The van der Waals surface area contributed by atoms with Gasteiger partial charge in [0.05, 0.1) is 0 Å². The van der Waals surface area contributed by atoms with Crippen LogP contribution in [-0.2, 0) is 6.54 Å². The number of piperazine rings is 1. The first-order valence-electron chi connectivity index (χ1n) is 8.89. The number of hydrogen-bond acceptors (Lipinski definition) is 4. The summed E-state index contributed by atoms with van der Waals surface area (Å²) in [6.45, 7) is 6.89. The fraction of sp³-hybridized carbons (Fsp3) is 0.368. The Balaban J connectivity index is 1.61. The third-order valence-electron chi connectivity index (χ3n) is 4.32. The second-order valence-electron chi connectivity index (χ2n) is 6.11. The van der Waals surface area contributed by atoms with Crippen LogP contribution >= 0.6 is 0 Å². The molecule has 26 heavy (non-hydrogen) atoms. The summed E-state index contributed by atoms with van der Waals surface area (Å²) in [5, 5.41) is 3.33. The predicted molar refractivity (Wildman–Crippen MR) is 102 cm³/mol. The van der Waals surface area contributed by atoms with E-state index in [9.17, 15) is 4.79 Å². The number of nitrogens with zero attached hydrogens (tertiary/aromatic N) is 3. The third-order valence-corrected chi connectivity index (χ3v) is 4.32. The molecule has 1 aromatic carbocycles. The van der Waals surface area contributed by atoms with Crippen LogP contribution < -0.4 is 16.0 Å². The predicted octanol–water partition coefficient (Wildman–Crippen LogP) is 1.67. The number of hydrogen-bond donors (Lipinski definition) is 2. The number of nitrogens with two attached hydrogens (primary N) is 1. The third kappa shape index (κ3) is 4.36. The van der Waals surface area contributed by atoms with E-state index in [1.54, 1.807) is 12.1 Å². The van der Waals surface area contributed by atoms with Crippen LogP contribution in [0.4, 0.5) is 5.69 Å². The van der Waals surface area contributed by atoms with Gasteiger partial charge in [-0.1, -0.05) is 18.2 Å². The molecule has 0 bridgehead atoms. The molecule has 1 saturated heterocycles. The van der Waals surface area contributed by atoms with E-state index in [0.717, 1.165) is 38.7 Å². The first-order valence-corrected chi connectivity index (χ1v) is 8.89. The fourth-order valence-corrected chi connectivity index (χ4v) is 2.99. The summed E-state index contributed by atoms with van der Waals surface area (Å²) in [5.74, 6) is 1.08. The quantitative estimate of drug-likeness (QED) is 0.629. The smallest absolute Gasteiger partial charge is 0.284 e.